The Labute approximate surface area is 165 Å². The van der Waals surface area contributed by atoms with Crippen LogP contribution in [-0.4, -0.2) is 58.7 Å². The number of carbonyl (C=O) groups is 1. The molecule has 28 heavy (non-hydrogen) atoms. The topological polar surface area (TPSA) is 53.4 Å². The van der Waals surface area contributed by atoms with Crippen molar-refractivity contribution in [2.75, 3.05) is 33.2 Å². The van der Waals surface area contributed by atoms with Crippen molar-refractivity contribution in [1.29, 1.82) is 0 Å². The third kappa shape index (κ3) is 3.79. The van der Waals surface area contributed by atoms with Crippen LogP contribution in [0.25, 0.3) is 10.8 Å². The van der Waals surface area contributed by atoms with Crippen molar-refractivity contribution in [1.82, 2.24) is 24.9 Å². The van der Waals surface area contributed by atoms with Crippen molar-refractivity contribution < 1.29 is 4.79 Å². The van der Waals surface area contributed by atoms with E-state index in [1.165, 1.54) is 16.3 Å². The van der Waals surface area contributed by atoms with Gasteiger partial charge in [-0.05, 0) is 23.4 Å². The molecule has 6 nitrogen and oxygen atoms in total. The van der Waals surface area contributed by atoms with Gasteiger partial charge in [-0.25, -0.2) is 0 Å². The van der Waals surface area contributed by atoms with E-state index in [1.54, 1.807) is 10.9 Å². The summed E-state index contributed by atoms with van der Waals surface area (Å²) in [5, 5.41) is 9.93. The summed E-state index contributed by atoms with van der Waals surface area (Å²) in [6.45, 7) is 4.20. The van der Waals surface area contributed by atoms with Crippen molar-refractivity contribution in [2.24, 2.45) is 7.05 Å². The van der Waals surface area contributed by atoms with Gasteiger partial charge in [-0.2, -0.15) is 5.10 Å². The first-order valence-electron chi connectivity index (χ1n) is 9.79. The average molecular weight is 377 g/mol. The fraction of sp³-hybridized carbons (Fsp3) is 0.364. The number of piperazine rings is 1. The highest BCUT2D eigenvalue weighted by atomic mass is 16.2. The number of benzene rings is 2. The van der Waals surface area contributed by atoms with Crippen molar-refractivity contribution in [2.45, 2.75) is 12.6 Å². The average Bonchev–Trinajstić information content (AvgIpc) is 3.15. The number of aryl methyl sites for hydroxylation is 1. The number of carbonyl (C=O) groups excluding carboxylic acids is 1. The lowest BCUT2D eigenvalue weighted by atomic mass is 10.0. The molecule has 0 bridgehead atoms. The molecule has 2 heterocycles. The van der Waals surface area contributed by atoms with E-state index in [-0.39, 0.29) is 11.9 Å². The van der Waals surface area contributed by atoms with Gasteiger partial charge in [0.25, 0.3) is 0 Å². The number of nitrogens with zero attached hydrogens (tertiary/aromatic N) is 4. The summed E-state index contributed by atoms with van der Waals surface area (Å²) < 4.78 is 1.73. The maximum atomic E-state index is 13.0. The zero-order chi connectivity index (χ0) is 19.5. The molecule has 0 aliphatic carbocycles. The van der Waals surface area contributed by atoms with E-state index >= 15 is 0 Å². The molecule has 1 fully saturated rings. The lowest BCUT2D eigenvalue weighted by molar-refractivity contribution is -0.135. The highest BCUT2D eigenvalue weighted by Crippen LogP contribution is 2.21. The van der Waals surface area contributed by atoms with E-state index in [4.69, 9.17) is 0 Å². The highest BCUT2D eigenvalue weighted by Gasteiger charge is 2.28. The Bertz CT molecular complexity index is 953. The Balaban J connectivity index is 1.39. The van der Waals surface area contributed by atoms with Gasteiger partial charge in [0, 0.05) is 51.5 Å². The zero-order valence-electron chi connectivity index (χ0n) is 16.5. The second kappa shape index (κ2) is 8.12. The summed E-state index contributed by atoms with van der Waals surface area (Å²) in [7, 11) is 3.69. The van der Waals surface area contributed by atoms with Crippen molar-refractivity contribution >= 4 is 16.7 Å². The van der Waals surface area contributed by atoms with E-state index in [0.29, 0.717) is 0 Å². The minimum Gasteiger partial charge on any atom is -0.338 e. The molecule has 6 heteroatoms. The molecule has 2 aromatic carbocycles. The van der Waals surface area contributed by atoms with Gasteiger partial charge in [-0.3, -0.25) is 14.4 Å². The molecule has 1 aromatic heterocycles. The second-order valence-electron chi connectivity index (χ2n) is 7.41. The normalized spacial score (nSPS) is 16.4. The quantitative estimate of drug-likeness (QED) is 0.741. The summed E-state index contributed by atoms with van der Waals surface area (Å²) in [6, 6.07) is 14.7. The van der Waals surface area contributed by atoms with Crippen molar-refractivity contribution in [3.63, 3.8) is 0 Å². The number of fused-ring (bicyclic) bond motifs is 1. The van der Waals surface area contributed by atoms with Crippen LogP contribution in [0, 0.1) is 0 Å². The smallest absolute Gasteiger partial charge is 0.244 e. The highest BCUT2D eigenvalue weighted by molar-refractivity contribution is 5.85. The molecule has 0 spiro atoms. The van der Waals surface area contributed by atoms with Crippen LogP contribution >= 0.6 is 0 Å². The molecule has 1 saturated heterocycles. The van der Waals surface area contributed by atoms with Gasteiger partial charge >= 0.3 is 0 Å². The fourth-order valence-corrected chi connectivity index (χ4v) is 4.00. The molecule has 1 amide bonds. The van der Waals surface area contributed by atoms with Crippen LogP contribution in [0.15, 0.2) is 54.9 Å². The Hall–Kier alpha value is -2.70. The maximum absolute atomic E-state index is 13.0. The van der Waals surface area contributed by atoms with Crippen LogP contribution in [0.3, 0.4) is 0 Å². The third-order valence-corrected chi connectivity index (χ3v) is 5.55. The first kappa shape index (κ1) is 18.7. The standard InChI is InChI=1S/C22H27N5O/c1-23-21(19-14-24-25(2)15-19)22(28)27-12-10-26(11-13-27)16-18-8-5-7-17-6-3-4-9-20(17)18/h3-9,14-15,21,23H,10-13,16H2,1-2H3. The van der Waals surface area contributed by atoms with Crippen molar-refractivity contribution in [3.05, 3.63) is 66.0 Å². The molecule has 0 radical (unpaired) electrons. The van der Waals surface area contributed by atoms with Gasteiger partial charge in [0.15, 0.2) is 0 Å². The van der Waals surface area contributed by atoms with Crippen molar-refractivity contribution in [3.8, 4) is 0 Å². The Morgan fingerprint density at radius 3 is 2.57 bits per heavy atom. The first-order chi connectivity index (χ1) is 13.7. The molecular formula is C22H27N5O. The molecular weight excluding hydrogens is 350 g/mol. The lowest BCUT2D eigenvalue weighted by Crippen LogP contribution is -2.51. The van der Waals surface area contributed by atoms with Crippen LogP contribution in [0.4, 0.5) is 0 Å². The van der Waals surface area contributed by atoms with Crippen LogP contribution < -0.4 is 5.32 Å². The van der Waals surface area contributed by atoms with E-state index in [9.17, 15) is 4.79 Å². The molecule has 1 aliphatic rings. The fourth-order valence-electron chi connectivity index (χ4n) is 4.00. The largest absolute Gasteiger partial charge is 0.338 e. The number of aromatic nitrogens is 2. The number of hydrogen-bond donors (Lipinski definition) is 1. The van der Waals surface area contributed by atoms with E-state index in [1.807, 2.05) is 25.2 Å². The van der Waals surface area contributed by atoms with Crippen LogP contribution in [0.2, 0.25) is 0 Å². The predicted molar refractivity (Wildman–Crippen MR) is 111 cm³/mol. The molecule has 0 saturated carbocycles. The summed E-state index contributed by atoms with van der Waals surface area (Å²) in [6.07, 6.45) is 3.66. The Morgan fingerprint density at radius 2 is 1.86 bits per heavy atom. The van der Waals surface area contributed by atoms with Gasteiger partial charge in [-0.15, -0.1) is 0 Å². The van der Waals surface area contributed by atoms with Gasteiger partial charge in [-0.1, -0.05) is 42.5 Å². The summed E-state index contributed by atoms with van der Waals surface area (Å²) >= 11 is 0. The van der Waals surface area contributed by atoms with Gasteiger partial charge in [0.1, 0.15) is 6.04 Å². The van der Waals surface area contributed by atoms with Gasteiger partial charge in [0.2, 0.25) is 5.91 Å². The molecule has 4 rings (SSSR count). The SMILES string of the molecule is CNC(C(=O)N1CCN(Cc2cccc3ccccc23)CC1)c1cnn(C)c1. The van der Waals surface area contributed by atoms with E-state index in [0.717, 1.165) is 38.3 Å². The molecule has 1 atom stereocenters. The van der Waals surface area contributed by atoms with E-state index in [2.05, 4.69) is 57.8 Å². The molecule has 1 aliphatic heterocycles. The minimum absolute atomic E-state index is 0.125. The van der Waals surface area contributed by atoms with Gasteiger partial charge < -0.3 is 10.2 Å². The molecule has 1 unspecified atom stereocenters. The van der Waals surface area contributed by atoms with E-state index < -0.39 is 0 Å². The lowest BCUT2D eigenvalue weighted by Gasteiger charge is -2.36. The van der Waals surface area contributed by atoms with Crippen LogP contribution in [0.1, 0.15) is 17.2 Å². The van der Waals surface area contributed by atoms with Gasteiger partial charge in [0.05, 0.1) is 6.20 Å². The Kier molecular flexibility index (Phi) is 5.41. The number of rotatable bonds is 5. The van der Waals surface area contributed by atoms with Crippen LogP contribution in [0.5, 0.6) is 0 Å². The minimum atomic E-state index is -0.335. The zero-order valence-corrected chi connectivity index (χ0v) is 16.5. The number of likely N-dealkylation sites (N-methyl/N-ethyl adjacent to an activating group) is 1. The first-order valence-corrected chi connectivity index (χ1v) is 9.79. The summed E-state index contributed by atoms with van der Waals surface area (Å²) in [5.41, 5.74) is 2.26. The number of nitrogens with one attached hydrogen (secondary N) is 1. The predicted octanol–water partition coefficient (Wildman–Crippen LogP) is 2.18. The summed E-state index contributed by atoms with van der Waals surface area (Å²) in [5.74, 6) is 0.125. The monoisotopic (exact) mass is 377 g/mol. The summed E-state index contributed by atoms with van der Waals surface area (Å²) in [4.78, 5) is 17.4. The second-order valence-corrected chi connectivity index (χ2v) is 7.41. The Morgan fingerprint density at radius 1 is 1.11 bits per heavy atom. The van der Waals surface area contributed by atoms with Crippen LogP contribution in [-0.2, 0) is 18.4 Å². The number of amides is 1. The number of hydrogen-bond acceptors (Lipinski definition) is 4. The molecule has 146 valence electrons. The molecule has 3 aromatic rings. The molecule has 1 N–H and O–H groups in total. The third-order valence-electron chi connectivity index (χ3n) is 5.55. The maximum Gasteiger partial charge on any atom is 0.244 e.